The van der Waals surface area contributed by atoms with Gasteiger partial charge in [0, 0.05) is 6.42 Å². The summed E-state index contributed by atoms with van der Waals surface area (Å²) in [5, 5.41) is 15.4. The molecule has 2 rings (SSSR count). The van der Waals surface area contributed by atoms with Crippen molar-refractivity contribution >= 4 is 5.91 Å². The zero-order chi connectivity index (χ0) is 11.5. The molecule has 4 atom stereocenters. The zero-order valence-electron chi connectivity index (χ0n) is 9.61. The van der Waals surface area contributed by atoms with Gasteiger partial charge in [0.1, 0.15) is 0 Å². The second-order valence-electron chi connectivity index (χ2n) is 4.65. The zero-order valence-corrected chi connectivity index (χ0v) is 9.61. The third-order valence-electron chi connectivity index (χ3n) is 3.35. The normalized spacial score (nSPS) is 39.6. The van der Waals surface area contributed by atoms with Crippen molar-refractivity contribution in [2.75, 3.05) is 6.54 Å². The molecule has 2 heterocycles. The van der Waals surface area contributed by atoms with Crippen LogP contribution in [0.3, 0.4) is 0 Å². The Morgan fingerprint density at radius 3 is 2.88 bits per heavy atom. The van der Waals surface area contributed by atoms with E-state index >= 15 is 0 Å². The number of piperidine rings is 1. The minimum Gasteiger partial charge on any atom is -0.368 e. The molecule has 2 unspecified atom stereocenters. The largest absolute Gasteiger partial charge is 0.368 e. The molecule has 16 heavy (non-hydrogen) atoms. The number of aliphatic hydroxyl groups excluding tert-OH is 1. The van der Waals surface area contributed by atoms with Gasteiger partial charge < -0.3 is 20.5 Å². The van der Waals surface area contributed by atoms with Crippen molar-refractivity contribution in [2.24, 2.45) is 0 Å². The number of ether oxygens (including phenoxy) is 1. The number of rotatable bonds is 2. The van der Waals surface area contributed by atoms with Gasteiger partial charge in [-0.2, -0.15) is 0 Å². The summed E-state index contributed by atoms with van der Waals surface area (Å²) in [5.41, 5.74) is 0. The summed E-state index contributed by atoms with van der Waals surface area (Å²) in [6, 6.07) is -0.134. The van der Waals surface area contributed by atoms with Crippen LogP contribution < -0.4 is 10.6 Å². The second-order valence-corrected chi connectivity index (χ2v) is 4.65. The van der Waals surface area contributed by atoms with Crippen LogP contribution in [-0.2, 0) is 9.53 Å². The molecule has 0 aliphatic carbocycles. The lowest BCUT2D eigenvalue weighted by Gasteiger charge is -2.25. The Morgan fingerprint density at radius 1 is 1.50 bits per heavy atom. The van der Waals surface area contributed by atoms with Crippen molar-refractivity contribution in [3.05, 3.63) is 0 Å². The lowest BCUT2D eigenvalue weighted by molar-refractivity contribution is -0.125. The van der Waals surface area contributed by atoms with Crippen LogP contribution in [0.25, 0.3) is 0 Å². The quantitative estimate of drug-likeness (QED) is 0.609. The molecular weight excluding hydrogens is 208 g/mol. The molecule has 2 saturated heterocycles. The van der Waals surface area contributed by atoms with E-state index < -0.39 is 6.29 Å². The third-order valence-corrected chi connectivity index (χ3v) is 3.35. The lowest BCUT2D eigenvalue weighted by Crippen LogP contribution is -2.51. The van der Waals surface area contributed by atoms with Crippen LogP contribution in [0.4, 0.5) is 0 Å². The number of nitrogens with one attached hydrogen (secondary N) is 2. The summed E-state index contributed by atoms with van der Waals surface area (Å²) in [4.78, 5) is 11.9. The van der Waals surface area contributed by atoms with Gasteiger partial charge >= 0.3 is 0 Å². The van der Waals surface area contributed by atoms with E-state index in [2.05, 4.69) is 10.6 Å². The van der Waals surface area contributed by atoms with Gasteiger partial charge in [-0.25, -0.2) is 0 Å². The smallest absolute Gasteiger partial charge is 0.237 e. The fourth-order valence-corrected chi connectivity index (χ4v) is 2.34. The summed E-state index contributed by atoms with van der Waals surface area (Å²) in [6.45, 7) is 2.78. The fourth-order valence-electron chi connectivity index (χ4n) is 2.34. The van der Waals surface area contributed by atoms with E-state index in [0.717, 1.165) is 25.8 Å². The standard InChI is InChI=1S/C11H20N2O3/c1-7-9(6-10(14)16-7)13-11(15)8-4-2-3-5-12-8/h7-10,12,14H,2-6H2,1H3,(H,13,15)/t7?,8-,9-,10?/m0/s1. The lowest BCUT2D eigenvalue weighted by atomic mass is 10.0. The highest BCUT2D eigenvalue weighted by atomic mass is 16.6. The second kappa shape index (κ2) is 5.12. The van der Waals surface area contributed by atoms with E-state index in [-0.39, 0.29) is 24.1 Å². The van der Waals surface area contributed by atoms with E-state index in [1.165, 1.54) is 0 Å². The molecule has 2 aliphatic heterocycles. The third kappa shape index (κ3) is 2.72. The Hall–Kier alpha value is -0.650. The molecule has 0 aromatic carbocycles. The predicted octanol–water partition coefficient (Wildman–Crippen LogP) is -0.259. The SMILES string of the molecule is CC1OC(O)C[C@@H]1NC(=O)[C@@H]1CCCCN1. The molecule has 0 spiro atoms. The Balaban J connectivity index is 1.82. The molecule has 5 heteroatoms. The van der Waals surface area contributed by atoms with Crippen LogP contribution in [0.5, 0.6) is 0 Å². The first kappa shape index (κ1) is 11.8. The van der Waals surface area contributed by atoms with Crippen molar-refractivity contribution in [1.29, 1.82) is 0 Å². The maximum absolute atomic E-state index is 11.9. The number of aliphatic hydroxyl groups is 1. The maximum Gasteiger partial charge on any atom is 0.237 e. The summed E-state index contributed by atoms with van der Waals surface area (Å²) < 4.78 is 5.18. The first-order chi connectivity index (χ1) is 7.66. The molecule has 0 saturated carbocycles. The van der Waals surface area contributed by atoms with E-state index in [1.54, 1.807) is 0 Å². The fraction of sp³-hybridized carbons (Fsp3) is 0.909. The molecule has 3 N–H and O–H groups in total. The van der Waals surface area contributed by atoms with Gasteiger partial charge in [-0.1, -0.05) is 6.42 Å². The summed E-state index contributed by atoms with van der Waals surface area (Å²) in [6.07, 6.45) is 2.79. The molecule has 0 aromatic heterocycles. The molecule has 2 fully saturated rings. The van der Waals surface area contributed by atoms with Gasteiger partial charge in [0.25, 0.3) is 0 Å². The van der Waals surface area contributed by atoms with Crippen molar-refractivity contribution < 1.29 is 14.6 Å². The Bertz CT molecular complexity index is 254. The predicted molar refractivity (Wildman–Crippen MR) is 58.7 cm³/mol. The van der Waals surface area contributed by atoms with Crippen LogP contribution in [0, 0.1) is 0 Å². The number of carbonyl (C=O) groups is 1. The van der Waals surface area contributed by atoms with Gasteiger partial charge in [0.05, 0.1) is 18.2 Å². The van der Waals surface area contributed by atoms with Crippen molar-refractivity contribution in [1.82, 2.24) is 10.6 Å². The highest BCUT2D eigenvalue weighted by Gasteiger charge is 2.33. The average Bonchev–Trinajstić information content (AvgIpc) is 2.59. The monoisotopic (exact) mass is 228 g/mol. The molecule has 5 nitrogen and oxygen atoms in total. The Morgan fingerprint density at radius 2 is 2.31 bits per heavy atom. The van der Waals surface area contributed by atoms with Crippen LogP contribution in [0.1, 0.15) is 32.6 Å². The highest BCUT2D eigenvalue weighted by Crippen LogP contribution is 2.18. The van der Waals surface area contributed by atoms with Crippen molar-refractivity contribution in [3.63, 3.8) is 0 Å². The molecule has 92 valence electrons. The topological polar surface area (TPSA) is 70.6 Å². The van der Waals surface area contributed by atoms with Gasteiger partial charge in [-0.3, -0.25) is 4.79 Å². The van der Waals surface area contributed by atoms with E-state index in [1.807, 2.05) is 6.92 Å². The molecule has 0 radical (unpaired) electrons. The summed E-state index contributed by atoms with van der Waals surface area (Å²) in [5.74, 6) is 0.0363. The van der Waals surface area contributed by atoms with Crippen LogP contribution in [0.2, 0.25) is 0 Å². The van der Waals surface area contributed by atoms with Gasteiger partial charge in [-0.15, -0.1) is 0 Å². The molecule has 2 aliphatic rings. The first-order valence-corrected chi connectivity index (χ1v) is 6.04. The number of carbonyl (C=O) groups excluding carboxylic acids is 1. The molecular formula is C11H20N2O3. The van der Waals surface area contributed by atoms with Crippen LogP contribution in [0.15, 0.2) is 0 Å². The first-order valence-electron chi connectivity index (χ1n) is 6.04. The number of hydrogen-bond acceptors (Lipinski definition) is 4. The van der Waals surface area contributed by atoms with Gasteiger partial charge in [0.2, 0.25) is 5.91 Å². The minimum atomic E-state index is -0.736. The van der Waals surface area contributed by atoms with E-state index in [9.17, 15) is 9.90 Å². The van der Waals surface area contributed by atoms with Crippen LogP contribution >= 0.6 is 0 Å². The van der Waals surface area contributed by atoms with Crippen molar-refractivity contribution in [2.45, 2.75) is 57.1 Å². The van der Waals surface area contributed by atoms with Crippen LogP contribution in [-0.4, -0.2) is 42.0 Å². The maximum atomic E-state index is 11.9. The molecule has 1 amide bonds. The van der Waals surface area contributed by atoms with Gasteiger partial charge in [-0.05, 0) is 26.3 Å². The highest BCUT2D eigenvalue weighted by molar-refractivity contribution is 5.82. The average molecular weight is 228 g/mol. The molecule has 0 aromatic rings. The van der Waals surface area contributed by atoms with E-state index in [4.69, 9.17) is 4.74 Å². The van der Waals surface area contributed by atoms with E-state index in [0.29, 0.717) is 6.42 Å². The molecule has 0 bridgehead atoms. The number of amides is 1. The number of hydrogen-bond donors (Lipinski definition) is 3. The summed E-state index contributed by atoms with van der Waals surface area (Å²) in [7, 11) is 0. The summed E-state index contributed by atoms with van der Waals surface area (Å²) >= 11 is 0. The minimum absolute atomic E-state index is 0.0363. The Kier molecular flexibility index (Phi) is 3.78. The van der Waals surface area contributed by atoms with Gasteiger partial charge in [0.15, 0.2) is 6.29 Å². The Labute approximate surface area is 95.5 Å². The van der Waals surface area contributed by atoms with Crippen molar-refractivity contribution in [3.8, 4) is 0 Å².